The molecule has 0 atom stereocenters. The van der Waals surface area contributed by atoms with Crippen LogP contribution in [-0.2, 0) is 0 Å². The molecule has 2 nitrogen and oxygen atoms in total. The third-order valence-corrected chi connectivity index (χ3v) is 3.15. The average molecular weight is 333 g/mol. The van der Waals surface area contributed by atoms with Gasteiger partial charge in [-0.15, -0.1) is 0 Å². The Balaban J connectivity index is 2.34. The van der Waals surface area contributed by atoms with E-state index >= 15 is 0 Å². The minimum Gasteiger partial charge on any atom is -0.436 e. The van der Waals surface area contributed by atoms with Crippen molar-refractivity contribution in [1.82, 2.24) is 4.98 Å². The normalized spacial score (nSPS) is 10.4. The van der Waals surface area contributed by atoms with E-state index in [0.717, 1.165) is 5.56 Å². The van der Waals surface area contributed by atoms with Crippen LogP contribution in [0.2, 0.25) is 10.0 Å². The van der Waals surface area contributed by atoms with Gasteiger partial charge in [-0.2, -0.15) is 0 Å². The van der Waals surface area contributed by atoms with Crippen LogP contribution in [-0.4, -0.2) is 4.98 Å². The van der Waals surface area contributed by atoms with E-state index in [1.165, 1.54) is 6.20 Å². The van der Waals surface area contributed by atoms with Crippen molar-refractivity contribution in [3.63, 3.8) is 0 Å². The number of halogens is 3. The topological polar surface area (TPSA) is 22.1 Å². The first-order valence-electron chi connectivity index (χ1n) is 4.81. The minimum atomic E-state index is 0.432. The van der Waals surface area contributed by atoms with Crippen LogP contribution in [0.5, 0.6) is 11.6 Å². The highest BCUT2D eigenvalue weighted by Gasteiger charge is 2.08. The van der Waals surface area contributed by atoms with E-state index in [0.29, 0.717) is 26.1 Å². The van der Waals surface area contributed by atoms with Crippen LogP contribution >= 0.6 is 39.1 Å². The van der Waals surface area contributed by atoms with Crippen molar-refractivity contribution >= 4 is 39.1 Å². The molecule has 2 rings (SSSR count). The predicted molar refractivity (Wildman–Crippen MR) is 73.2 cm³/mol. The summed E-state index contributed by atoms with van der Waals surface area (Å²) < 4.78 is 6.31. The number of aryl methyl sites for hydroxylation is 1. The maximum absolute atomic E-state index is 6.04. The zero-order valence-corrected chi connectivity index (χ0v) is 12.0. The molecule has 0 spiro atoms. The van der Waals surface area contributed by atoms with Gasteiger partial charge in [0.25, 0.3) is 0 Å². The molecule has 0 radical (unpaired) electrons. The van der Waals surface area contributed by atoms with Crippen molar-refractivity contribution in [3.8, 4) is 11.6 Å². The van der Waals surface area contributed by atoms with Gasteiger partial charge < -0.3 is 4.74 Å². The van der Waals surface area contributed by atoms with E-state index in [2.05, 4.69) is 20.9 Å². The van der Waals surface area contributed by atoms with Crippen molar-refractivity contribution in [3.05, 3.63) is 50.5 Å². The summed E-state index contributed by atoms with van der Waals surface area (Å²) in [5.74, 6) is 1.00. The number of pyridine rings is 1. The summed E-state index contributed by atoms with van der Waals surface area (Å²) in [5.41, 5.74) is 1.06. The zero-order valence-electron chi connectivity index (χ0n) is 8.88. The minimum absolute atomic E-state index is 0.432. The summed E-state index contributed by atoms with van der Waals surface area (Å²) in [6, 6.07) is 7.27. The highest BCUT2D eigenvalue weighted by molar-refractivity contribution is 9.10. The first kappa shape index (κ1) is 12.7. The molecule has 0 unspecified atom stereocenters. The second-order valence-corrected chi connectivity index (χ2v) is 5.17. The largest absolute Gasteiger partial charge is 0.436 e. The molecule has 0 N–H and O–H groups in total. The lowest BCUT2D eigenvalue weighted by Gasteiger charge is -2.08. The van der Waals surface area contributed by atoms with E-state index in [9.17, 15) is 0 Å². The van der Waals surface area contributed by atoms with Gasteiger partial charge >= 0.3 is 0 Å². The van der Waals surface area contributed by atoms with Crippen LogP contribution in [0.3, 0.4) is 0 Å². The first-order valence-corrected chi connectivity index (χ1v) is 6.36. The SMILES string of the molecule is Cc1ccc(Cl)c(Oc2ncc(Cl)cc2Br)c1. The molecule has 0 bridgehead atoms. The van der Waals surface area contributed by atoms with Gasteiger partial charge in [-0.25, -0.2) is 4.98 Å². The monoisotopic (exact) mass is 331 g/mol. The molecule has 1 aromatic heterocycles. The standard InChI is InChI=1S/C12H8BrCl2NO/c1-7-2-3-10(15)11(4-7)17-12-9(13)5-8(14)6-16-12/h2-6H,1H3. The molecule has 2 aromatic rings. The van der Waals surface area contributed by atoms with Gasteiger partial charge in [-0.05, 0) is 46.6 Å². The molecule has 0 amide bonds. The third kappa shape index (κ3) is 3.12. The van der Waals surface area contributed by atoms with Crippen molar-refractivity contribution in [2.45, 2.75) is 6.92 Å². The summed E-state index contributed by atoms with van der Waals surface area (Å²) in [6.45, 7) is 1.97. The molecule has 0 saturated heterocycles. The summed E-state index contributed by atoms with van der Waals surface area (Å²) in [6.07, 6.45) is 1.52. The van der Waals surface area contributed by atoms with Crippen LogP contribution in [0.15, 0.2) is 34.9 Å². The zero-order chi connectivity index (χ0) is 12.4. The number of rotatable bonds is 2. The number of hydrogen-bond donors (Lipinski definition) is 0. The van der Waals surface area contributed by atoms with Gasteiger partial charge in [0.05, 0.1) is 14.5 Å². The van der Waals surface area contributed by atoms with Gasteiger partial charge in [-0.1, -0.05) is 29.3 Å². The molecule has 5 heteroatoms. The molecule has 0 aliphatic heterocycles. The van der Waals surface area contributed by atoms with Crippen LogP contribution in [0, 0.1) is 6.92 Å². The maximum atomic E-state index is 6.04. The summed E-state index contributed by atoms with van der Waals surface area (Å²) in [4.78, 5) is 4.08. The Morgan fingerprint density at radius 3 is 2.71 bits per heavy atom. The number of hydrogen-bond acceptors (Lipinski definition) is 2. The van der Waals surface area contributed by atoms with Crippen LogP contribution < -0.4 is 4.74 Å². The number of benzene rings is 1. The highest BCUT2D eigenvalue weighted by atomic mass is 79.9. The Kier molecular flexibility index (Phi) is 3.92. The fourth-order valence-corrected chi connectivity index (χ4v) is 2.15. The predicted octanol–water partition coefficient (Wildman–Crippen LogP) is 5.25. The van der Waals surface area contributed by atoms with Crippen molar-refractivity contribution in [1.29, 1.82) is 0 Å². The number of nitrogens with zero attached hydrogens (tertiary/aromatic N) is 1. The number of ether oxygens (including phenoxy) is 1. The van der Waals surface area contributed by atoms with Crippen LogP contribution in [0.4, 0.5) is 0 Å². The molecule has 1 aromatic carbocycles. The number of aromatic nitrogens is 1. The van der Waals surface area contributed by atoms with Crippen molar-refractivity contribution < 1.29 is 4.74 Å². The van der Waals surface area contributed by atoms with E-state index in [1.54, 1.807) is 12.1 Å². The molecule has 0 saturated carbocycles. The molecule has 0 aliphatic carbocycles. The van der Waals surface area contributed by atoms with Gasteiger partial charge in [0.2, 0.25) is 5.88 Å². The summed E-state index contributed by atoms with van der Waals surface area (Å²) in [5, 5.41) is 1.08. The van der Waals surface area contributed by atoms with E-state index in [4.69, 9.17) is 27.9 Å². The quantitative estimate of drug-likeness (QED) is 0.749. The lowest BCUT2D eigenvalue weighted by molar-refractivity contribution is 0.459. The Bertz CT molecular complexity index is 560. The lowest BCUT2D eigenvalue weighted by atomic mass is 10.2. The average Bonchev–Trinajstić information content (AvgIpc) is 2.27. The van der Waals surface area contributed by atoms with E-state index in [-0.39, 0.29) is 0 Å². The third-order valence-electron chi connectivity index (χ3n) is 2.07. The fraction of sp³-hybridized carbons (Fsp3) is 0.0833. The summed E-state index contributed by atoms with van der Waals surface area (Å²) >= 11 is 15.2. The summed E-state index contributed by atoms with van der Waals surface area (Å²) in [7, 11) is 0. The molecular formula is C12H8BrCl2NO. The molecule has 0 fully saturated rings. The van der Waals surface area contributed by atoms with Gasteiger partial charge in [0.1, 0.15) is 5.75 Å². The van der Waals surface area contributed by atoms with Gasteiger partial charge in [0.15, 0.2) is 0 Å². The van der Waals surface area contributed by atoms with Crippen molar-refractivity contribution in [2.24, 2.45) is 0 Å². The van der Waals surface area contributed by atoms with Crippen molar-refractivity contribution in [2.75, 3.05) is 0 Å². The van der Waals surface area contributed by atoms with Gasteiger partial charge in [-0.3, -0.25) is 0 Å². The van der Waals surface area contributed by atoms with Crippen LogP contribution in [0.1, 0.15) is 5.56 Å². The first-order chi connectivity index (χ1) is 8.06. The molecule has 1 heterocycles. The Morgan fingerprint density at radius 2 is 2.00 bits per heavy atom. The van der Waals surface area contributed by atoms with Crippen LogP contribution in [0.25, 0.3) is 0 Å². The molecule has 88 valence electrons. The second kappa shape index (κ2) is 5.25. The Labute approximate surface area is 118 Å². The Morgan fingerprint density at radius 1 is 1.24 bits per heavy atom. The van der Waals surface area contributed by atoms with E-state index < -0.39 is 0 Å². The maximum Gasteiger partial charge on any atom is 0.233 e. The second-order valence-electron chi connectivity index (χ2n) is 3.48. The molecule has 0 aliphatic rings. The smallest absolute Gasteiger partial charge is 0.233 e. The molecule has 17 heavy (non-hydrogen) atoms. The Hall–Kier alpha value is -0.770. The lowest BCUT2D eigenvalue weighted by Crippen LogP contribution is -1.90. The van der Waals surface area contributed by atoms with E-state index in [1.807, 2.05) is 19.1 Å². The fourth-order valence-electron chi connectivity index (χ4n) is 1.27. The highest BCUT2D eigenvalue weighted by Crippen LogP contribution is 2.33. The molecular weight excluding hydrogens is 325 g/mol. The van der Waals surface area contributed by atoms with Gasteiger partial charge in [0, 0.05) is 6.20 Å².